The van der Waals surface area contributed by atoms with Crippen molar-refractivity contribution in [3.63, 3.8) is 0 Å². The predicted molar refractivity (Wildman–Crippen MR) is 95.4 cm³/mol. The van der Waals surface area contributed by atoms with Gasteiger partial charge in [-0.05, 0) is 37.2 Å². The van der Waals surface area contributed by atoms with E-state index in [0.29, 0.717) is 28.5 Å². The third-order valence-corrected chi connectivity index (χ3v) is 4.35. The minimum absolute atomic E-state index is 0.137. The number of benzene rings is 1. The molecule has 1 atom stereocenters. The highest BCUT2D eigenvalue weighted by molar-refractivity contribution is 5.81. The largest absolute Gasteiger partial charge is 0.473 e. The molecular formula is C18H16N6O2. The third-order valence-electron chi connectivity index (χ3n) is 4.35. The Morgan fingerprint density at radius 2 is 2.12 bits per heavy atom. The fourth-order valence-corrected chi connectivity index (χ4v) is 3.04. The van der Waals surface area contributed by atoms with Crippen molar-refractivity contribution in [1.82, 2.24) is 30.5 Å². The molecule has 0 spiro atoms. The molecule has 1 fully saturated rings. The van der Waals surface area contributed by atoms with Crippen LogP contribution in [0.5, 0.6) is 17.5 Å². The fraction of sp³-hybridized carbons (Fsp3) is 0.222. The normalized spacial score (nSPS) is 17.0. The molecule has 26 heavy (non-hydrogen) atoms. The Morgan fingerprint density at radius 1 is 1.12 bits per heavy atom. The number of pyridine rings is 1. The second-order valence-corrected chi connectivity index (χ2v) is 6.15. The molecule has 0 amide bonds. The van der Waals surface area contributed by atoms with Crippen LogP contribution in [-0.2, 0) is 0 Å². The summed E-state index contributed by atoms with van der Waals surface area (Å²) in [5.41, 5.74) is 2.23. The van der Waals surface area contributed by atoms with Crippen LogP contribution in [0.25, 0.3) is 21.9 Å². The number of nitrogens with one attached hydrogen (secondary N) is 2. The van der Waals surface area contributed by atoms with Crippen LogP contribution in [0.4, 0.5) is 0 Å². The summed E-state index contributed by atoms with van der Waals surface area (Å²) in [6.07, 6.45) is 4.33. The van der Waals surface area contributed by atoms with E-state index in [2.05, 4.69) is 30.5 Å². The van der Waals surface area contributed by atoms with E-state index in [1.807, 2.05) is 30.3 Å². The van der Waals surface area contributed by atoms with Gasteiger partial charge in [0.15, 0.2) is 5.52 Å². The Bertz CT molecular complexity index is 1070. The summed E-state index contributed by atoms with van der Waals surface area (Å²) < 4.78 is 11.9. The zero-order valence-electron chi connectivity index (χ0n) is 13.8. The molecule has 0 bridgehead atoms. The molecule has 8 nitrogen and oxygen atoms in total. The summed E-state index contributed by atoms with van der Waals surface area (Å²) in [6, 6.07) is 9.37. The van der Waals surface area contributed by atoms with Crippen molar-refractivity contribution < 1.29 is 9.47 Å². The Kier molecular flexibility index (Phi) is 3.60. The van der Waals surface area contributed by atoms with Gasteiger partial charge < -0.3 is 14.8 Å². The van der Waals surface area contributed by atoms with Gasteiger partial charge in [-0.25, -0.2) is 9.97 Å². The van der Waals surface area contributed by atoms with Crippen LogP contribution < -0.4 is 14.8 Å². The standard InChI is InChI=1S/C18H16N6O2/c1-2-14-11(8-22-24-14)7-12(1)26-18-17-15(20-10-21-18)3-4-16(23-17)25-13-5-6-19-9-13/h1-4,7-8,10,13,19H,5-6,9H2,(H,22,24). The van der Waals surface area contributed by atoms with E-state index in [0.717, 1.165) is 30.4 Å². The van der Waals surface area contributed by atoms with Gasteiger partial charge in [-0.15, -0.1) is 0 Å². The minimum atomic E-state index is 0.137. The van der Waals surface area contributed by atoms with Gasteiger partial charge in [-0.3, -0.25) is 5.10 Å². The highest BCUT2D eigenvalue weighted by atomic mass is 16.5. The molecule has 1 aliphatic rings. The lowest BCUT2D eigenvalue weighted by Gasteiger charge is -2.12. The van der Waals surface area contributed by atoms with Crippen molar-refractivity contribution >= 4 is 21.9 Å². The molecule has 0 saturated carbocycles. The van der Waals surface area contributed by atoms with Crippen LogP contribution >= 0.6 is 0 Å². The number of H-pyrrole nitrogens is 1. The van der Waals surface area contributed by atoms with Gasteiger partial charge in [-0.2, -0.15) is 10.1 Å². The number of nitrogens with zero attached hydrogens (tertiary/aromatic N) is 4. The molecule has 4 aromatic rings. The van der Waals surface area contributed by atoms with Crippen LogP contribution in [-0.4, -0.2) is 44.3 Å². The van der Waals surface area contributed by atoms with Crippen molar-refractivity contribution in [2.24, 2.45) is 0 Å². The first kappa shape index (κ1) is 15.0. The summed E-state index contributed by atoms with van der Waals surface area (Å²) in [5, 5.41) is 11.2. The summed E-state index contributed by atoms with van der Waals surface area (Å²) in [6.45, 7) is 1.80. The number of ether oxygens (including phenoxy) is 2. The van der Waals surface area contributed by atoms with Crippen LogP contribution in [0, 0.1) is 0 Å². The summed E-state index contributed by atoms with van der Waals surface area (Å²) in [4.78, 5) is 13.1. The molecule has 0 aliphatic carbocycles. The summed E-state index contributed by atoms with van der Waals surface area (Å²) >= 11 is 0. The average Bonchev–Trinajstić information content (AvgIpc) is 3.33. The number of hydrogen-bond donors (Lipinski definition) is 2. The van der Waals surface area contributed by atoms with Gasteiger partial charge in [0.05, 0.1) is 17.2 Å². The number of hydrogen-bond acceptors (Lipinski definition) is 7. The molecule has 3 aromatic heterocycles. The van der Waals surface area contributed by atoms with E-state index in [9.17, 15) is 0 Å². The van der Waals surface area contributed by atoms with Gasteiger partial charge in [0, 0.05) is 18.0 Å². The van der Waals surface area contributed by atoms with E-state index >= 15 is 0 Å². The average molecular weight is 348 g/mol. The van der Waals surface area contributed by atoms with Crippen LogP contribution in [0.15, 0.2) is 42.9 Å². The minimum Gasteiger partial charge on any atom is -0.473 e. The van der Waals surface area contributed by atoms with Crippen molar-refractivity contribution in [3.05, 3.63) is 42.9 Å². The Morgan fingerprint density at radius 3 is 3.04 bits per heavy atom. The van der Waals surface area contributed by atoms with Crippen molar-refractivity contribution in [2.45, 2.75) is 12.5 Å². The van der Waals surface area contributed by atoms with Gasteiger partial charge in [0.25, 0.3) is 0 Å². The third kappa shape index (κ3) is 2.80. The van der Waals surface area contributed by atoms with Crippen molar-refractivity contribution in [3.8, 4) is 17.5 Å². The molecule has 1 aromatic carbocycles. The first-order valence-electron chi connectivity index (χ1n) is 8.45. The molecule has 1 aliphatic heterocycles. The zero-order chi connectivity index (χ0) is 17.3. The Balaban J connectivity index is 1.49. The van der Waals surface area contributed by atoms with E-state index in [1.54, 1.807) is 6.20 Å². The molecular weight excluding hydrogens is 332 g/mol. The van der Waals surface area contributed by atoms with Crippen molar-refractivity contribution in [1.29, 1.82) is 0 Å². The van der Waals surface area contributed by atoms with E-state index in [4.69, 9.17) is 9.47 Å². The quantitative estimate of drug-likeness (QED) is 0.584. The fourth-order valence-electron chi connectivity index (χ4n) is 3.04. The molecule has 130 valence electrons. The maximum Gasteiger partial charge on any atom is 0.249 e. The van der Waals surface area contributed by atoms with Crippen molar-refractivity contribution in [2.75, 3.05) is 13.1 Å². The molecule has 8 heteroatoms. The second kappa shape index (κ2) is 6.23. The molecule has 1 unspecified atom stereocenters. The van der Waals surface area contributed by atoms with Crippen LogP contribution in [0.1, 0.15) is 6.42 Å². The molecule has 2 N–H and O–H groups in total. The Labute approximate surface area is 148 Å². The highest BCUT2D eigenvalue weighted by Gasteiger charge is 2.17. The van der Waals surface area contributed by atoms with Gasteiger partial charge in [0.2, 0.25) is 11.8 Å². The SMILES string of the molecule is c1nc(Oc2ccc3[nH]ncc3c2)c2nc(OC3CCNC3)ccc2n1. The van der Waals surface area contributed by atoms with Crippen LogP contribution in [0.2, 0.25) is 0 Å². The maximum atomic E-state index is 5.97. The molecule has 0 radical (unpaired) electrons. The van der Waals surface area contributed by atoms with Gasteiger partial charge in [-0.1, -0.05) is 0 Å². The monoisotopic (exact) mass is 348 g/mol. The molecule has 4 heterocycles. The lowest BCUT2D eigenvalue weighted by molar-refractivity contribution is 0.214. The first-order chi connectivity index (χ1) is 12.8. The topological polar surface area (TPSA) is 97.8 Å². The number of aromatic amines is 1. The summed E-state index contributed by atoms with van der Waals surface area (Å²) in [5.74, 6) is 1.61. The first-order valence-corrected chi connectivity index (χ1v) is 8.45. The number of aromatic nitrogens is 5. The lowest BCUT2D eigenvalue weighted by Crippen LogP contribution is -2.20. The van der Waals surface area contributed by atoms with Gasteiger partial charge >= 0.3 is 0 Å². The second-order valence-electron chi connectivity index (χ2n) is 6.15. The van der Waals surface area contributed by atoms with E-state index in [1.165, 1.54) is 6.33 Å². The van der Waals surface area contributed by atoms with Crippen LogP contribution in [0.3, 0.4) is 0 Å². The zero-order valence-corrected chi connectivity index (χ0v) is 13.8. The number of fused-ring (bicyclic) bond motifs is 2. The summed E-state index contributed by atoms with van der Waals surface area (Å²) in [7, 11) is 0. The highest BCUT2D eigenvalue weighted by Crippen LogP contribution is 2.28. The van der Waals surface area contributed by atoms with E-state index < -0.39 is 0 Å². The maximum absolute atomic E-state index is 5.97. The van der Waals surface area contributed by atoms with Gasteiger partial charge in [0.1, 0.15) is 18.2 Å². The lowest BCUT2D eigenvalue weighted by atomic mass is 10.2. The molecule has 5 rings (SSSR count). The smallest absolute Gasteiger partial charge is 0.249 e. The number of rotatable bonds is 4. The molecule has 1 saturated heterocycles. The predicted octanol–water partition coefficient (Wildman–Crippen LogP) is 2.43. The Hall–Kier alpha value is -3.26. The van der Waals surface area contributed by atoms with E-state index in [-0.39, 0.29) is 6.10 Å².